The van der Waals surface area contributed by atoms with Crippen molar-refractivity contribution in [3.8, 4) is 0 Å². The molecule has 0 radical (unpaired) electrons. The highest BCUT2D eigenvalue weighted by Crippen LogP contribution is 2.39. The first-order valence-electron chi connectivity index (χ1n) is 3.09. The Hall–Kier alpha value is -0.400. The second kappa shape index (κ2) is 2.09. The molecule has 0 nitrogen and oxygen atoms in total. The summed E-state index contributed by atoms with van der Waals surface area (Å²) in [4.78, 5) is 0. The zero-order chi connectivity index (χ0) is 7.02. The first-order chi connectivity index (χ1) is 4.18. The van der Waals surface area contributed by atoms with E-state index in [9.17, 15) is 8.78 Å². The van der Waals surface area contributed by atoms with Crippen LogP contribution in [-0.4, -0.2) is 12.3 Å². The average molecular weight is 132 g/mol. The molecular weight excluding hydrogens is 122 g/mol. The summed E-state index contributed by atoms with van der Waals surface area (Å²) in [6.45, 7) is 5.11. The number of hydrogen-bond acceptors (Lipinski definition) is 0. The van der Waals surface area contributed by atoms with Gasteiger partial charge in [-0.25, -0.2) is 8.78 Å². The predicted octanol–water partition coefficient (Wildman–Crippen LogP) is 2.11. The van der Waals surface area contributed by atoms with Crippen molar-refractivity contribution in [2.24, 2.45) is 11.8 Å². The van der Waals surface area contributed by atoms with Crippen LogP contribution in [0.4, 0.5) is 8.78 Å². The van der Waals surface area contributed by atoms with Crippen LogP contribution in [0.5, 0.6) is 0 Å². The summed E-state index contributed by atoms with van der Waals surface area (Å²) in [5.74, 6) is -0.419. The van der Waals surface area contributed by atoms with Crippen LogP contribution < -0.4 is 0 Å². The highest BCUT2D eigenvalue weighted by Gasteiger charge is 2.47. The van der Waals surface area contributed by atoms with Crippen LogP contribution >= 0.6 is 0 Å². The SMILES string of the molecule is C=CC1C(C)[C@H](F)C1F. The van der Waals surface area contributed by atoms with E-state index in [0.717, 1.165) is 0 Å². The van der Waals surface area contributed by atoms with Gasteiger partial charge in [-0.05, 0) is 5.92 Å². The van der Waals surface area contributed by atoms with E-state index in [1.54, 1.807) is 6.92 Å². The fourth-order valence-electron chi connectivity index (χ4n) is 1.20. The zero-order valence-electron chi connectivity index (χ0n) is 5.35. The molecular formula is C7H10F2. The van der Waals surface area contributed by atoms with Gasteiger partial charge in [0.05, 0.1) is 0 Å². The van der Waals surface area contributed by atoms with Gasteiger partial charge in [-0.1, -0.05) is 13.0 Å². The fourth-order valence-corrected chi connectivity index (χ4v) is 1.20. The molecule has 0 saturated heterocycles. The number of hydrogen-bond donors (Lipinski definition) is 0. The lowest BCUT2D eigenvalue weighted by Gasteiger charge is -2.39. The molecule has 9 heavy (non-hydrogen) atoms. The standard InChI is InChI=1S/C7H10F2/c1-3-5-4(2)6(8)7(5)9/h3-7H,1H2,2H3/t4?,5?,6-,7?/m0/s1. The van der Waals surface area contributed by atoms with Crippen molar-refractivity contribution < 1.29 is 8.78 Å². The predicted molar refractivity (Wildman–Crippen MR) is 32.6 cm³/mol. The lowest BCUT2D eigenvalue weighted by Crippen LogP contribution is -2.47. The molecule has 0 bridgehead atoms. The summed E-state index contributed by atoms with van der Waals surface area (Å²) in [5, 5.41) is 0. The summed E-state index contributed by atoms with van der Waals surface area (Å²) >= 11 is 0. The molecule has 0 aromatic carbocycles. The van der Waals surface area contributed by atoms with Crippen molar-refractivity contribution in [1.82, 2.24) is 0 Å². The molecule has 1 aliphatic rings. The smallest absolute Gasteiger partial charge is 0.138 e. The van der Waals surface area contributed by atoms with E-state index >= 15 is 0 Å². The molecule has 1 aliphatic carbocycles. The van der Waals surface area contributed by atoms with Gasteiger partial charge in [0.15, 0.2) is 0 Å². The van der Waals surface area contributed by atoms with Crippen LogP contribution in [0.3, 0.4) is 0 Å². The molecule has 52 valence electrons. The molecule has 0 aromatic heterocycles. The molecule has 0 amide bonds. The van der Waals surface area contributed by atoms with Gasteiger partial charge in [0.25, 0.3) is 0 Å². The molecule has 1 fully saturated rings. The Labute approximate surface area is 53.6 Å². The summed E-state index contributed by atoms with van der Waals surface area (Å²) in [7, 11) is 0. The number of allylic oxidation sites excluding steroid dienone is 1. The van der Waals surface area contributed by atoms with Crippen LogP contribution in [0, 0.1) is 11.8 Å². The van der Waals surface area contributed by atoms with Gasteiger partial charge in [-0.15, -0.1) is 6.58 Å². The van der Waals surface area contributed by atoms with E-state index in [4.69, 9.17) is 0 Å². The quantitative estimate of drug-likeness (QED) is 0.479. The molecule has 0 aromatic rings. The Morgan fingerprint density at radius 1 is 1.33 bits per heavy atom. The minimum Gasteiger partial charge on any atom is -0.244 e. The van der Waals surface area contributed by atoms with Gasteiger partial charge in [-0.2, -0.15) is 0 Å². The third-order valence-corrected chi connectivity index (χ3v) is 2.05. The number of halogens is 2. The zero-order valence-corrected chi connectivity index (χ0v) is 5.35. The highest BCUT2D eigenvalue weighted by molar-refractivity contribution is 5.03. The van der Waals surface area contributed by atoms with E-state index in [0.29, 0.717) is 0 Å². The maximum Gasteiger partial charge on any atom is 0.138 e. The van der Waals surface area contributed by atoms with Gasteiger partial charge in [0.2, 0.25) is 0 Å². The first-order valence-corrected chi connectivity index (χ1v) is 3.09. The van der Waals surface area contributed by atoms with Gasteiger partial charge >= 0.3 is 0 Å². The highest BCUT2D eigenvalue weighted by atomic mass is 19.2. The molecule has 3 unspecified atom stereocenters. The molecule has 4 atom stereocenters. The molecule has 2 heteroatoms. The second-order valence-electron chi connectivity index (χ2n) is 2.56. The largest absolute Gasteiger partial charge is 0.244 e. The second-order valence-corrected chi connectivity index (χ2v) is 2.56. The van der Waals surface area contributed by atoms with Gasteiger partial charge in [0.1, 0.15) is 12.3 Å². The van der Waals surface area contributed by atoms with E-state index in [-0.39, 0.29) is 11.8 Å². The average Bonchev–Trinajstić information content (AvgIpc) is 1.89. The molecule has 1 saturated carbocycles. The van der Waals surface area contributed by atoms with Crippen molar-refractivity contribution in [3.05, 3.63) is 12.7 Å². The number of alkyl halides is 2. The van der Waals surface area contributed by atoms with Crippen LogP contribution in [0.1, 0.15) is 6.92 Å². The monoisotopic (exact) mass is 132 g/mol. The topological polar surface area (TPSA) is 0 Å². The maximum absolute atomic E-state index is 12.4. The molecule has 0 N–H and O–H groups in total. The van der Waals surface area contributed by atoms with Crippen molar-refractivity contribution in [1.29, 1.82) is 0 Å². The van der Waals surface area contributed by atoms with Gasteiger partial charge < -0.3 is 0 Å². The van der Waals surface area contributed by atoms with Crippen molar-refractivity contribution in [3.63, 3.8) is 0 Å². The molecule has 0 heterocycles. The Morgan fingerprint density at radius 3 is 2.11 bits per heavy atom. The van der Waals surface area contributed by atoms with Gasteiger partial charge in [0, 0.05) is 5.92 Å². The fraction of sp³-hybridized carbons (Fsp3) is 0.714. The van der Waals surface area contributed by atoms with Crippen LogP contribution in [-0.2, 0) is 0 Å². The van der Waals surface area contributed by atoms with E-state index in [1.165, 1.54) is 6.08 Å². The normalized spacial score (nSPS) is 50.1. The summed E-state index contributed by atoms with van der Waals surface area (Å²) < 4.78 is 24.7. The van der Waals surface area contributed by atoms with E-state index < -0.39 is 12.3 Å². The Bertz CT molecular complexity index is 112. The van der Waals surface area contributed by atoms with E-state index in [2.05, 4.69) is 6.58 Å². The van der Waals surface area contributed by atoms with Crippen LogP contribution in [0.25, 0.3) is 0 Å². The first kappa shape index (κ1) is 6.72. The lowest BCUT2D eigenvalue weighted by atomic mass is 9.71. The molecule has 0 spiro atoms. The van der Waals surface area contributed by atoms with Crippen molar-refractivity contribution in [2.45, 2.75) is 19.3 Å². The van der Waals surface area contributed by atoms with Gasteiger partial charge in [-0.3, -0.25) is 0 Å². The van der Waals surface area contributed by atoms with Crippen LogP contribution in [0.15, 0.2) is 12.7 Å². The molecule has 0 aliphatic heterocycles. The minimum atomic E-state index is -1.29. The lowest BCUT2D eigenvalue weighted by molar-refractivity contribution is -0.0334. The van der Waals surface area contributed by atoms with Crippen LogP contribution in [0.2, 0.25) is 0 Å². The van der Waals surface area contributed by atoms with Crippen molar-refractivity contribution in [2.75, 3.05) is 0 Å². The third-order valence-electron chi connectivity index (χ3n) is 2.05. The van der Waals surface area contributed by atoms with E-state index in [1.807, 2.05) is 0 Å². The number of rotatable bonds is 1. The Kier molecular flexibility index (Phi) is 1.56. The Morgan fingerprint density at radius 2 is 1.89 bits per heavy atom. The summed E-state index contributed by atoms with van der Waals surface area (Å²) in [6.07, 6.45) is -1.06. The third kappa shape index (κ3) is 0.769. The minimum absolute atomic E-state index is 0.169. The summed E-state index contributed by atoms with van der Waals surface area (Å²) in [6, 6.07) is 0. The van der Waals surface area contributed by atoms with Crippen molar-refractivity contribution >= 4 is 0 Å². The maximum atomic E-state index is 12.4. The molecule has 1 rings (SSSR count). The summed E-state index contributed by atoms with van der Waals surface area (Å²) in [5.41, 5.74) is 0. The Balaban J connectivity index is 2.50.